The third-order valence-corrected chi connectivity index (χ3v) is 5.81. The van der Waals surface area contributed by atoms with Gasteiger partial charge in [0.05, 0.1) is 11.2 Å². The smallest absolute Gasteiger partial charge is 0.399 e. The molecule has 1 N–H and O–H groups in total. The molecular weight excluding hydrogens is 370 g/mol. The number of nitrogens with zero attached hydrogens (tertiary/aromatic N) is 1. The molecule has 7 heteroatoms. The molecule has 0 spiro atoms. The number of hydrogen-bond acceptors (Lipinski definition) is 4. The molecule has 1 aliphatic heterocycles. The molecule has 0 unspecified atom stereocenters. The van der Waals surface area contributed by atoms with Gasteiger partial charge in [0.25, 0.3) is 5.91 Å². The van der Waals surface area contributed by atoms with Gasteiger partial charge in [-0.3, -0.25) is 4.79 Å². The van der Waals surface area contributed by atoms with Gasteiger partial charge in [0.2, 0.25) is 0 Å². The van der Waals surface area contributed by atoms with Gasteiger partial charge >= 0.3 is 7.12 Å². The molecule has 0 atom stereocenters. The quantitative estimate of drug-likeness (QED) is 0.798. The van der Waals surface area contributed by atoms with Crippen LogP contribution in [0.1, 0.15) is 43.6 Å². The van der Waals surface area contributed by atoms with Crippen LogP contribution in [0.5, 0.6) is 0 Å². The van der Waals surface area contributed by atoms with Gasteiger partial charge < -0.3 is 19.5 Å². The molecule has 1 aliphatic rings. The summed E-state index contributed by atoms with van der Waals surface area (Å²) in [4.78, 5) is 14.6. The first-order chi connectivity index (χ1) is 13.4. The number of amides is 1. The van der Waals surface area contributed by atoms with Crippen molar-refractivity contribution in [1.29, 1.82) is 0 Å². The fraction of sp³-hybridized carbons (Fsp3) is 0.409. The Labute approximate surface area is 172 Å². The first kappa shape index (κ1) is 21.3. The zero-order chi connectivity index (χ0) is 21.6. The number of anilines is 2. The molecule has 3 rings (SSSR count). The average molecular weight is 398 g/mol. The summed E-state index contributed by atoms with van der Waals surface area (Å²) in [6, 6.07) is 9.93. The van der Waals surface area contributed by atoms with Crippen LogP contribution in [-0.2, 0) is 9.31 Å². The number of hydrogen-bond donors (Lipinski definition) is 1. The lowest BCUT2D eigenvalue weighted by atomic mass is 9.75. The predicted octanol–water partition coefficient (Wildman–Crippen LogP) is 3.75. The molecule has 2 aromatic rings. The minimum absolute atomic E-state index is 0.302. The molecule has 1 heterocycles. The van der Waals surface area contributed by atoms with Crippen LogP contribution in [0, 0.1) is 12.7 Å². The summed E-state index contributed by atoms with van der Waals surface area (Å²) in [5.74, 6) is -0.762. The minimum atomic E-state index is -0.703. The Morgan fingerprint density at radius 1 is 1.03 bits per heavy atom. The van der Waals surface area contributed by atoms with Crippen LogP contribution in [0.3, 0.4) is 0 Å². The van der Waals surface area contributed by atoms with Crippen LogP contribution >= 0.6 is 0 Å². The number of nitrogens with one attached hydrogen (secondary N) is 1. The van der Waals surface area contributed by atoms with E-state index in [1.807, 2.05) is 65.7 Å². The van der Waals surface area contributed by atoms with Crippen molar-refractivity contribution < 1.29 is 18.5 Å². The highest BCUT2D eigenvalue weighted by atomic mass is 19.1. The van der Waals surface area contributed by atoms with Gasteiger partial charge in [-0.25, -0.2) is 4.39 Å². The Morgan fingerprint density at radius 2 is 1.59 bits per heavy atom. The van der Waals surface area contributed by atoms with Gasteiger partial charge in [0.1, 0.15) is 5.82 Å². The highest BCUT2D eigenvalue weighted by Gasteiger charge is 2.52. The molecule has 2 aromatic carbocycles. The molecule has 1 amide bonds. The maximum absolute atomic E-state index is 14.4. The highest BCUT2D eigenvalue weighted by Crippen LogP contribution is 2.37. The third-order valence-electron chi connectivity index (χ3n) is 5.81. The molecule has 29 heavy (non-hydrogen) atoms. The van der Waals surface area contributed by atoms with Crippen LogP contribution in [0.4, 0.5) is 15.8 Å². The van der Waals surface area contributed by atoms with Crippen LogP contribution in [-0.4, -0.2) is 38.3 Å². The minimum Gasteiger partial charge on any atom is -0.399 e. The predicted molar refractivity (Wildman–Crippen MR) is 116 cm³/mol. The second kappa shape index (κ2) is 7.46. The van der Waals surface area contributed by atoms with Crippen LogP contribution in [0.2, 0.25) is 0 Å². The second-order valence-electron chi connectivity index (χ2n) is 8.65. The van der Waals surface area contributed by atoms with E-state index in [2.05, 4.69) is 5.32 Å². The molecule has 154 valence electrons. The molecule has 0 aromatic heterocycles. The number of rotatable bonds is 4. The van der Waals surface area contributed by atoms with Crippen molar-refractivity contribution in [1.82, 2.24) is 0 Å². The normalized spacial score (nSPS) is 17.3. The van der Waals surface area contributed by atoms with Crippen molar-refractivity contribution in [2.45, 2.75) is 45.8 Å². The topological polar surface area (TPSA) is 50.8 Å². The van der Waals surface area contributed by atoms with E-state index in [9.17, 15) is 9.18 Å². The number of carbonyl (C=O) groups is 1. The van der Waals surface area contributed by atoms with Gasteiger partial charge in [-0.15, -0.1) is 0 Å². The summed E-state index contributed by atoms with van der Waals surface area (Å²) >= 11 is 0. The van der Waals surface area contributed by atoms with Crippen molar-refractivity contribution in [3.8, 4) is 0 Å². The summed E-state index contributed by atoms with van der Waals surface area (Å²) in [6.45, 7) is 9.61. The molecule has 0 aliphatic carbocycles. The highest BCUT2D eigenvalue weighted by molar-refractivity contribution is 6.62. The van der Waals surface area contributed by atoms with Gasteiger partial charge in [-0.1, -0.05) is 0 Å². The van der Waals surface area contributed by atoms with Crippen molar-refractivity contribution in [3.63, 3.8) is 0 Å². The van der Waals surface area contributed by atoms with E-state index < -0.39 is 24.1 Å². The molecule has 1 saturated heterocycles. The first-order valence-electron chi connectivity index (χ1n) is 9.66. The Kier molecular flexibility index (Phi) is 5.49. The maximum Gasteiger partial charge on any atom is 0.495 e. The van der Waals surface area contributed by atoms with E-state index in [0.717, 1.165) is 5.69 Å². The molecule has 0 bridgehead atoms. The van der Waals surface area contributed by atoms with E-state index in [1.54, 1.807) is 12.1 Å². The van der Waals surface area contributed by atoms with Gasteiger partial charge in [-0.2, -0.15) is 0 Å². The average Bonchev–Trinajstić information content (AvgIpc) is 2.85. The fourth-order valence-electron chi connectivity index (χ4n) is 3.15. The van der Waals surface area contributed by atoms with Crippen LogP contribution in [0.15, 0.2) is 36.4 Å². The van der Waals surface area contributed by atoms with Crippen LogP contribution < -0.4 is 15.7 Å². The SMILES string of the molecule is Cc1c(NC(=O)c2ccc(N(C)C)cc2)cc(F)cc1B1OC(C)(C)C(C)(C)O1. The third kappa shape index (κ3) is 4.16. The Morgan fingerprint density at radius 3 is 2.10 bits per heavy atom. The molecule has 1 fully saturated rings. The van der Waals surface area contributed by atoms with Gasteiger partial charge in [0.15, 0.2) is 0 Å². The number of carbonyl (C=O) groups excluding carboxylic acids is 1. The van der Waals surface area contributed by atoms with Crippen molar-refractivity contribution in [2.75, 3.05) is 24.3 Å². The second-order valence-corrected chi connectivity index (χ2v) is 8.65. The largest absolute Gasteiger partial charge is 0.495 e. The van der Waals surface area contributed by atoms with E-state index in [4.69, 9.17) is 9.31 Å². The van der Waals surface area contributed by atoms with Crippen molar-refractivity contribution in [3.05, 3.63) is 53.3 Å². The van der Waals surface area contributed by atoms with Gasteiger partial charge in [-0.05, 0) is 82.0 Å². The van der Waals surface area contributed by atoms with Crippen LogP contribution in [0.25, 0.3) is 0 Å². The Balaban J connectivity index is 1.87. The fourth-order valence-corrected chi connectivity index (χ4v) is 3.15. The standard InChI is InChI=1S/C22H28BFN2O3/c1-14-18(23-28-21(2,3)22(4,5)29-23)12-16(24)13-19(14)25-20(27)15-8-10-17(11-9-15)26(6)7/h8-13H,1-7H3,(H,25,27). The molecular formula is C22H28BFN2O3. The maximum atomic E-state index is 14.4. The summed E-state index contributed by atoms with van der Waals surface area (Å²) in [5, 5.41) is 2.82. The molecule has 0 saturated carbocycles. The Bertz CT molecular complexity index is 910. The van der Waals surface area contributed by atoms with Crippen molar-refractivity contribution >= 4 is 29.9 Å². The first-order valence-corrected chi connectivity index (χ1v) is 9.66. The Hall–Kier alpha value is -2.38. The monoisotopic (exact) mass is 398 g/mol. The lowest BCUT2D eigenvalue weighted by Crippen LogP contribution is -2.41. The summed E-state index contributed by atoms with van der Waals surface area (Å²) in [7, 11) is 3.16. The zero-order valence-electron chi connectivity index (χ0n) is 18.1. The van der Waals surface area contributed by atoms with Gasteiger partial charge in [0, 0.05) is 31.0 Å². The van der Waals surface area contributed by atoms with Crippen molar-refractivity contribution in [2.24, 2.45) is 0 Å². The summed E-state index contributed by atoms with van der Waals surface area (Å²) in [6.07, 6.45) is 0. The summed E-state index contributed by atoms with van der Waals surface area (Å²) < 4.78 is 26.5. The zero-order valence-corrected chi connectivity index (χ0v) is 18.1. The van der Waals surface area contributed by atoms with E-state index in [0.29, 0.717) is 22.3 Å². The lowest BCUT2D eigenvalue weighted by molar-refractivity contribution is 0.00578. The number of halogens is 1. The van der Waals surface area contributed by atoms with E-state index in [-0.39, 0.29) is 5.91 Å². The molecule has 0 radical (unpaired) electrons. The summed E-state index contributed by atoms with van der Waals surface area (Å²) in [5.41, 5.74) is 2.10. The number of benzene rings is 2. The van der Waals surface area contributed by atoms with E-state index in [1.165, 1.54) is 12.1 Å². The molecule has 5 nitrogen and oxygen atoms in total. The lowest BCUT2D eigenvalue weighted by Gasteiger charge is -2.32. The van der Waals surface area contributed by atoms with E-state index >= 15 is 0 Å².